The molecule has 41 heavy (non-hydrogen) atoms. The zero-order chi connectivity index (χ0) is 30.0. The van der Waals surface area contributed by atoms with E-state index in [1.54, 1.807) is 0 Å². The smallest absolute Gasteiger partial charge is 0.255 e. The summed E-state index contributed by atoms with van der Waals surface area (Å²) in [6.07, 6.45) is 2.61. The first kappa shape index (κ1) is 29.0. The Balaban J connectivity index is 1.55. The number of halogens is 1. The lowest BCUT2D eigenvalue weighted by Crippen LogP contribution is -2.65. The molecule has 2 saturated carbocycles. The number of aliphatic hydroxyl groups excluding tert-OH is 3. The van der Waals surface area contributed by atoms with Crippen molar-refractivity contribution in [1.82, 2.24) is 10.2 Å². The largest absolute Gasteiger partial charge is 0.508 e. The molecule has 0 radical (unpaired) electrons. The van der Waals surface area contributed by atoms with Crippen molar-refractivity contribution in [1.29, 1.82) is 0 Å². The van der Waals surface area contributed by atoms with E-state index in [1.165, 1.54) is 19.0 Å². The van der Waals surface area contributed by atoms with E-state index in [4.69, 9.17) is 5.73 Å². The van der Waals surface area contributed by atoms with E-state index in [1.807, 2.05) is 0 Å². The van der Waals surface area contributed by atoms with Crippen molar-refractivity contribution in [3.8, 4) is 5.75 Å². The van der Waals surface area contributed by atoms with Crippen LogP contribution in [0.15, 0.2) is 23.0 Å². The standard InChI is InChI=1S/C28H35FN4O8/c1-33(2)21-14-8-11-7-13-15(29)9-16(32-17(34)10-31-12-5-3-4-6-12)22(35)19(13)23(36)18(11)25(38)28(14,41)26(39)20(24(21)37)27(30)40/h9,11-12,14,17,21,31-32,34-36,39,41H,3-8,10H2,1-2H3,(H2,30,40)/t11-,14-,17?,21-,28-/m0/s1. The number of hydrogen-bond acceptors (Lipinski definition) is 11. The van der Waals surface area contributed by atoms with Gasteiger partial charge in [0.25, 0.3) is 5.91 Å². The summed E-state index contributed by atoms with van der Waals surface area (Å²) in [6.45, 7) is 0.116. The van der Waals surface area contributed by atoms with Crippen LogP contribution in [-0.4, -0.2) is 92.5 Å². The fraction of sp³-hybridized carbons (Fsp3) is 0.536. The van der Waals surface area contributed by atoms with Crippen molar-refractivity contribution >= 4 is 28.9 Å². The summed E-state index contributed by atoms with van der Waals surface area (Å²) in [5.41, 5.74) is 0.554. The summed E-state index contributed by atoms with van der Waals surface area (Å²) < 4.78 is 15.4. The van der Waals surface area contributed by atoms with Gasteiger partial charge >= 0.3 is 0 Å². The minimum absolute atomic E-state index is 0.0859. The number of Topliss-reactive ketones (excluding diaryl/α,β-unsaturated/α-hetero) is 2. The summed E-state index contributed by atoms with van der Waals surface area (Å²) in [7, 11) is 2.99. The molecule has 1 aromatic carbocycles. The van der Waals surface area contributed by atoms with Crippen LogP contribution in [0, 0.1) is 17.7 Å². The molecule has 222 valence electrons. The average Bonchev–Trinajstić information content (AvgIpc) is 3.41. The number of aromatic hydroxyl groups is 1. The lowest BCUT2D eigenvalue weighted by Gasteiger charge is -2.50. The number of benzene rings is 1. The Hall–Kier alpha value is -3.52. The molecule has 0 aliphatic heterocycles. The van der Waals surface area contributed by atoms with Crippen molar-refractivity contribution in [3.05, 3.63) is 39.9 Å². The Morgan fingerprint density at radius 1 is 1.22 bits per heavy atom. The van der Waals surface area contributed by atoms with Crippen molar-refractivity contribution in [2.24, 2.45) is 17.6 Å². The maximum atomic E-state index is 15.4. The molecule has 0 bridgehead atoms. The maximum absolute atomic E-state index is 15.4. The first-order valence-electron chi connectivity index (χ1n) is 13.7. The Labute approximate surface area is 235 Å². The van der Waals surface area contributed by atoms with Gasteiger partial charge in [0.05, 0.1) is 17.3 Å². The number of fused-ring (bicyclic) bond motifs is 3. The Morgan fingerprint density at radius 3 is 2.49 bits per heavy atom. The number of primary amides is 1. The molecule has 1 amide bonds. The second-order valence-corrected chi connectivity index (χ2v) is 11.6. The number of rotatable bonds is 7. The molecule has 0 spiro atoms. The molecule has 4 aliphatic rings. The highest BCUT2D eigenvalue weighted by Gasteiger charge is 2.64. The van der Waals surface area contributed by atoms with Crippen LogP contribution in [0.25, 0.3) is 5.76 Å². The van der Waals surface area contributed by atoms with Crippen LogP contribution in [0.2, 0.25) is 0 Å². The molecule has 12 nitrogen and oxygen atoms in total. The molecule has 5 rings (SSSR count). The monoisotopic (exact) mass is 574 g/mol. The second kappa shape index (κ2) is 10.4. The molecule has 4 aliphatic carbocycles. The number of anilines is 1. The number of aliphatic hydroxyl groups is 4. The molecule has 2 fully saturated rings. The highest BCUT2D eigenvalue weighted by atomic mass is 19.1. The number of phenols is 1. The van der Waals surface area contributed by atoms with Crippen LogP contribution in [0.3, 0.4) is 0 Å². The number of phenolic OH excluding ortho intramolecular Hbond substituents is 1. The van der Waals surface area contributed by atoms with Gasteiger partial charge in [0.2, 0.25) is 5.78 Å². The number of ketones is 2. The van der Waals surface area contributed by atoms with Crippen molar-refractivity contribution in [2.45, 2.75) is 62.4 Å². The molecule has 13 heteroatoms. The SMILES string of the molecule is CN(C)[C@@H]1C(=O)C(C(N)=O)=C(O)[C@@]2(O)C(=O)C3=C(O)c4c(O)c(NC(O)CNC5CCCC5)cc(F)c4C[C@H]3C[C@@H]12. The maximum Gasteiger partial charge on any atom is 0.255 e. The van der Waals surface area contributed by atoms with Gasteiger partial charge in [-0.2, -0.15) is 0 Å². The third-order valence-electron chi connectivity index (χ3n) is 8.94. The first-order valence-corrected chi connectivity index (χ1v) is 13.7. The fourth-order valence-electron chi connectivity index (χ4n) is 7.01. The van der Waals surface area contributed by atoms with Gasteiger partial charge in [-0.05, 0) is 45.7 Å². The molecular formula is C28H35FN4O8. The molecule has 1 aromatic rings. The third-order valence-corrected chi connectivity index (χ3v) is 8.94. The van der Waals surface area contributed by atoms with Gasteiger partial charge in [-0.3, -0.25) is 19.3 Å². The van der Waals surface area contributed by atoms with Crippen LogP contribution >= 0.6 is 0 Å². The average molecular weight is 575 g/mol. The Bertz CT molecular complexity index is 1390. The fourth-order valence-corrected chi connectivity index (χ4v) is 7.01. The molecule has 9 N–H and O–H groups in total. The van der Waals surface area contributed by atoms with Gasteiger partial charge in [0.15, 0.2) is 11.4 Å². The minimum atomic E-state index is -2.78. The number of nitrogens with two attached hydrogens (primary N) is 1. The number of hydrogen-bond donors (Lipinski definition) is 8. The summed E-state index contributed by atoms with van der Waals surface area (Å²) >= 11 is 0. The van der Waals surface area contributed by atoms with Crippen molar-refractivity contribution < 1.29 is 44.3 Å². The zero-order valence-corrected chi connectivity index (χ0v) is 22.8. The van der Waals surface area contributed by atoms with Gasteiger partial charge in [0.1, 0.15) is 34.9 Å². The normalized spacial score (nSPS) is 29.0. The quantitative estimate of drug-likeness (QED) is 0.127. The molecule has 0 aromatic heterocycles. The van der Waals surface area contributed by atoms with E-state index < -0.39 is 75.8 Å². The highest BCUT2D eigenvalue weighted by molar-refractivity contribution is 6.24. The number of nitrogens with one attached hydrogen (secondary N) is 2. The summed E-state index contributed by atoms with van der Waals surface area (Å²) in [4.78, 5) is 40.5. The van der Waals surface area contributed by atoms with E-state index >= 15 is 4.39 Å². The number of carbonyl (C=O) groups excluding carboxylic acids is 3. The molecule has 0 heterocycles. The minimum Gasteiger partial charge on any atom is -0.508 e. The summed E-state index contributed by atoms with van der Waals surface area (Å²) in [5.74, 6) is -8.94. The number of likely N-dealkylation sites (N-methyl/N-ethyl adjacent to an activating group) is 1. The predicted octanol–water partition coefficient (Wildman–Crippen LogP) is 0.366. The van der Waals surface area contributed by atoms with Crippen molar-refractivity contribution in [3.63, 3.8) is 0 Å². The molecule has 0 saturated heterocycles. The van der Waals surface area contributed by atoms with Crippen LogP contribution in [0.1, 0.15) is 43.2 Å². The van der Waals surface area contributed by atoms with Crippen molar-refractivity contribution in [2.75, 3.05) is 26.0 Å². The third kappa shape index (κ3) is 4.47. The molecule has 1 unspecified atom stereocenters. The second-order valence-electron chi connectivity index (χ2n) is 11.6. The van der Waals surface area contributed by atoms with Crippen LogP contribution in [-0.2, 0) is 20.8 Å². The van der Waals surface area contributed by atoms with Gasteiger partial charge < -0.3 is 41.9 Å². The van der Waals surface area contributed by atoms with E-state index in [9.17, 15) is 39.9 Å². The number of carbonyl (C=O) groups is 3. The van der Waals surface area contributed by atoms with Crippen LogP contribution < -0.4 is 16.4 Å². The van der Waals surface area contributed by atoms with Gasteiger partial charge in [-0.15, -0.1) is 0 Å². The number of nitrogens with zero attached hydrogens (tertiary/aromatic N) is 1. The van der Waals surface area contributed by atoms with Crippen LogP contribution in [0.5, 0.6) is 5.75 Å². The topological polar surface area (TPSA) is 206 Å². The summed E-state index contributed by atoms with van der Waals surface area (Å²) in [5, 5.41) is 61.2. The van der Waals surface area contributed by atoms with Crippen LogP contribution in [0.4, 0.5) is 10.1 Å². The Morgan fingerprint density at radius 2 is 1.88 bits per heavy atom. The van der Waals surface area contributed by atoms with E-state index in [0.29, 0.717) is 0 Å². The molecular weight excluding hydrogens is 539 g/mol. The van der Waals surface area contributed by atoms with Gasteiger partial charge in [-0.1, -0.05) is 12.8 Å². The van der Waals surface area contributed by atoms with E-state index in [2.05, 4.69) is 10.6 Å². The lowest BCUT2D eigenvalue weighted by molar-refractivity contribution is -0.153. The van der Waals surface area contributed by atoms with Gasteiger partial charge in [-0.25, -0.2) is 4.39 Å². The lowest BCUT2D eigenvalue weighted by atomic mass is 9.57. The van der Waals surface area contributed by atoms with E-state index in [-0.39, 0.29) is 47.8 Å². The highest BCUT2D eigenvalue weighted by Crippen LogP contribution is 2.53. The number of amides is 1. The van der Waals surface area contributed by atoms with E-state index in [0.717, 1.165) is 31.7 Å². The Kier molecular flexibility index (Phi) is 7.35. The summed E-state index contributed by atoms with van der Waals surface area (Å²) in [6, 6.07) is 0.0180. The van der Waals surface area contributed by atoms with Gasteiger partial charge in [0, 0.05) is 35.7 Å². The predicted molar refractivity (Wildman–Crippen MR) is 144 cm³/mol. The molecule has 5 atom stereocenters. The zero-order valence-electron chi connectivity index (χ0n) is 22.8. The first-order chi connectivity index (χ1) is 19.3.